The first-order chi connectivity index (χ1) is 9.99. The molecule has 0 atom stereocenters. The second kappa shape index (κ2) is 6.27. The average molecular weight is 311 g/mol. The van der Waals surface area contributed by atoms with Crippen LogP contribution in [0.25, 0.3) is 0 Å². The minimum absolute atomic E-state index is 0.0884. The molecule has 0 aliphatic carbocycles. The van der Waals surface area contributed by atoms with Crippen molar-refractivity contribution in [1.29, 1.82) is 0 Å². The van der Waals surface area contributed by atoms with Gasteiger partial charge in [-0.25, -0.2) is 14.2 Å². The van der Waals surface area contributed by atoms with E-state index in [9.17, 15) is 19.3 Å². The second-order valence-electron chi connectivity index (χ2n) is 4.01. The molecule has 0 radical (unpaired) electrons. The van der Waals surface area contributed by atoms with Gasteiger partial charge in [-0.1, -0.05) is 0 Å². The first-order valence-corrected chi connectivity index (χ1v) is 6.70. The van der Waals surface area contributed by atoms with Crippen molar-refractivity contribution in [2.24, 2.45) is 0 Å². The third-order valence-electron chi connectivity index (χ3n) is 2.65. The Kier molecular flexibility index (Phi) is 4.43. The fraction of sp³-hybridized carbons (Fsp3) is 0.167. The number of rotatable bonds is 6. The minimum Gasteiger partial charge on any atom is -0.477 e. The van der Waals surface area contributed by atoms with Crippen LogP contribution < -0.4 is 5.32 Å². The molecule has 0 aliphatic heterocycles. The van der Waals surface area contributed by atoms with Gasteiger partial charge in [0.1, 0.15) is 5.56 Å². The number of anilines is 1. The molecule has 0 saturated heterocycles. The highest BCUT2D eigenvalue weighted by Gasteiger charge is 2.23. The van der Waals surface area contributed by atoms with Crippen molar-refractivity contribution in [1.82, 2.24) is 4.98 Å². The first-order valence-electron chi connectivity index (χ1n) is 5.82. The number of aromatic nitrogens is 1. The molecular formula is C12H10FN3O4S. The zero-order valence-electron chi connectivity index (χ0n) is 10.6. The molecule has 1 heterocycles. The summed E-state index contributed by atoms with van der Waals surface area (Å²) in [4.78, 5) is 24.8. The lowest BCUT2D eigenvalue weighted by Crippen LogP contribution is -2.09. The van der Waals surface area contributed by atoms with Gasteiger partial charge in [0, 0.05) is 24.5 Å². The molecule has 0 unspecified atom stereocenters. The van der Waals surface area contributed by atoms with Gasteiger partial charge in [-0.05, 0) is 6.07 Å². The number of carbonyl (C=O) groups is 1. The van der Waals surface area contributed by atoms with Gasteiger partial charge >= 0.3 is 5.97 Å². The molecule has 2 rings (SSSR count). The summed E-state index contributed by atoms with van der Waals surface area (Å²) in [5, 5.41) is 25.0. The van der Waals surface area contributed by atoms with Crippen molar-refractivity contribution in [2.45, 2.75) is 6.42 Å². The molecule has 2 aromatic rings. The van der Waals surface area contributed by atoms with E-state index in [2.05, 4.69) is 10.3 Å². The lowest BCUT2D eigenvalue weighted by Gasteiger charge is -2.08. The van der Waals surface area contributed by atoms with Gasteiger partial charge in [0.15, 0.2) is 5.82 Å². The highest BCUT2D eigenvalue weighted by Crippen LogP contribution is 2.26. The van der Waals surface area contributed by atoms with E-state index >= 15 is 0 Å². The fourth-order valence-electron chi connectivity index (χ4n) is 1.70. The molecule has 0 aliphatic rings. The molecule has 0 bridgehead atoms. The first kappa shape index (κ1) is 14.9. The van der Waals surface area contributed by atoms with Crippen LogP contribution >= 0.6 is 11.3 Å². The third kappa shape index (κ3) is 3.51. The molecule has 1 aromatic heterocycles. The van der Waals surface area contributed by atoms with Crippen LogP contribution in [0.1, 0.15) is 15.4 Å². The number of hydrogen-bond donors (Lipinski definition) is 2. The normalized spacial score (nSPS) is 10.3. The fourth-order valence-corrected chi connectivity index (χ4v) is 2.32. The van der Waals surface area contributed by atoms with Crippen LogP contribution in [-0.2, 0) is 6.42 Å². The number of nitrogens with one attached hydrogen (secondary N) is 1. The van der Waals surface area contributed by atoms with E-state index in [0.29, 0.717) is 19.0 Å². The Morgan fingerprint density at radius 1 is 1.52 bits per heavy atom. The van der Waals surface area contributed by atoms with Gasteiger partial charge in [0.25, 0.3) is 5.69 Å². The van der Waals surface area contributed by atoms with E-state index in [-0.39, 0.29) is 5.69 Å². The number of nitro benzene ring substituents is 1. The van der Waals surface area contributed by atoms with E-state index in [1.54, 1.807) is 6.20 Å². The lowest BCUT2D eigenvalue weighted by molar-refractivity contribution is -0.385. The summed E-state index contributed by atoms with van der Waals surface area (Å²) in [5.41, 5.74) is -1.42. The SMILES string of the molecule is O=C(O)c1cc(NCCc2nccs2)c(F)cc1[N+](=O)[O-]. The zero-order chi connectivity index (χ0) is 15.4. The summed E-state index contributed by atoms with van der Waals surface area (Å²) < 4.78 is 13.7. The summed E-state index contributed by atoms with van der Waals surface area (Å²) in [5.74, 6) is -2.35. The number of carboxylic acids is 1. The van der Waals surface area contributed by atoms with Gasteiger partial charge < -0.3 is 10.4 Å². The Balaban J connectivity index is 2.17. The van der Waals surface area contributed by atoms with Crippen molar-refractivity contribution in [2.75, 3.05) is 11.9 Å². The molecule has 7 nitrogen and oxygen atoms in total. The number of nitro groups is 1. The summed E-state index contributed by atoms with van der Waals surface area (Å²) in [7, 11) is 0. The third-order valence-corrected chi connectivity index (χ3v) is 3.49. The maximum Gasteiger partial charge on any atom is 0.342 e. The van der Waals surface area contributed by atoms with Crippen molar-refractivity contribution in [3.63, 3.8) is 0 Å². The van der Waals surface area contributed by atoms with Crippen LogP contribution in [0.5, 0.6) is 0 Å². The van der Waals surface area contributed by atoms with E-state index in [0.717, 1.165) is 11.1 Å². The number of thiazole rings is 1. The Morgan fingerprint density at radius 2 is 2.29 bits per heavy atom. The van der Waals surface area contributed by atoms with Crippen LogP contribution in [0.4, 0.5) is 15.8 Å². The van der Waals surface area contributed by atoms with E-state index in [1.807, 2.05) is 5.38 Å². The summed E-state index contributed by atoms with van der Waals surface area (Å²) >= 11 is 1.45. The zero-order valence-corrected chi connectivity index (χ0v) is 11.4. The Hall–Kier alpha value is -2.55. The predicted octanol–water partition coefficient (Wildman–Crippen LogP) is 2.54. The van der Waals surface area contributed by atoms with Gasteiger partial charge in [-0.15, -0.1) is 11.3 Å². The van der Waals surface area contributed by atoms with E-state index in [1.165, 1.54) is 11.3 Å². The molecule has 0 amide bonds. The number of benzene rings is 1. The molecular weight excluding hydrogens is 301 g/mol. The Morgan fingerprint density at radius 3 is 2.86 bits per heavy atom. The molecule has 110 valence electrons. The predicted molar refractivity (Wildman–Crippen MR) is 74.3 cm³/mol. The highest BCUT2D eigenvalue weighted by atomic mass is 32.1. The molecule has 0 spiro atoms. The molecule has 0 saturated carbocycles. The van der Waals surface area contributed by atoms with Crippen LogP contribution in [-0.4, -0.2) is 27.5 Å². The Labute approximate surface area is 122 Å². The number of carboxylic acid groups (broad SMARTS) is 1. The van der Waals surface area contributed by atoms with Gasteiger partial charge in [0.2, 0.25) is 0 Å². The van der Waals surface area contributed by atoms with E-state index in [4.69, 9.17) is 5.11 Å². The number of aromatic carboxylic acids is 1. The van der Waals surface area contributed by atoms with Crippen molar-refractivity contribution >= 4 is 28.7 Å². The van der Waals surface area contributed by atoms with Crippen molar-refractivity contribution in [3.05, 3.63) is 50.2 Å². The Bertz CT molecular complexity index is 675. The molecule has 0 fully saturated rings. The quantitative estimate of drug-likeness (QED) is 0.627. The molecule has 21 heavy (non-hydrogen) atoms. The lowest BCUT2D eigenvalue weighted by atomic mass is 10.1. The maximum atomic E-state index is 13.7. The standard InChI is InChI=1S/C12H10FN3O4S/c13-8-6-10(16(19)20)7(12(17)18)5-9(8)14-2-1-11-15-3-4-21-11/h3-6,14H,1-2H2,(H,17,18). The van der Waals surface area contributed by atoms with E-state index < -0.39 is 28.0 Å². The van der Waals surface area contributed by atoms with Crippen LogP contribution in [0.3, 0.4) is 0 Å². The van der Waals surface area contributed by atoms with Gasteiger partial charge in [-0.2, -0.15) is 0 Å². The summed E-state index contributed by atoms with van der Waals surface area (Å²) in [6.07, 6.45) is 2.19. The largest absolute Gasteiger partial charge is 0.477 e. The molecule has 2 N–H and O–H groups in total. The molecule has 1 aromatic carbocycles. The maximum absolute atomic E-state index is 13.7. The molecule has 9 heteroatoms. The average Bonchev–Trinajstić information content (AvgIpc) is 2.92. The van der Waals surface area contributed by atoms with Crippen LogP contribution in [0, 0.1) is 15.9 Å². The second-order valence-corrected chi connectivity index (χ2v) is 4.99. The highest BCUT2D eigenvalue weighted by molar-refractivity contribution is 7.09. The van der Waals surface area contributed by atoms with Gasteiger partial charge in [-0.3, -0.25) is 10.1 Å². The monoisotopic (exact) mass is 311 g/mol. The summed E-state index contributed by atoms with van der Waals surface area (Å²) in [6, 6.07) is 1.53. The van der Waals surface area contributed by atoms with Crippen molar-refractivity contribution < 1.29 is 19.2 Å². The number of halogens is 1. The number of nitrogens with zero attached hydrogens (tertiary/aromatic N) is 2. The number of hydrogen-bond acceptors (Lipinski definition) is 6. The van der Waals surface area contributed by atoms with Crippen LogP contribution in [0.15, 0.2) is 23.7 Å². The summed E-state index contributed by atoms with van der Waals surface area (Å²) in [6.45, 7) is 0.335. The minimum atomic E-state index is -1.48. The van der Waals surface area contributed by atoms with Gasteiger partial charge in [0.05, 0.1) is 21.7 Å². The topological polar surface area (TPSA) is 105 Å². The smallest absolute Gasteiger partial charge is 0.342 e. The van der Waals surface area contributed by atoms with Crippen molar-refractivity contribution in [3.8, 4) is 0 Å². The van der Waals surface area contributed by atoms with Crippen LogP contribution in [0.2, 0.25) is 0 Å².